The topological polar surface area (TPSA) is 88.7 Å². The van der Waals surface area contributed by atoms with E-state index in [1.54, 1.807) is 6.07 Å². The van der Waals surface area contributed by atoms with Crippen LogP contribution in [-0.4, -0.2) is 32.6 Å². The smallest absolute Gasteiger partial charge is 0.417 e. The summed E-state index contributed by atoms with van der Waals surface area (Å²) in [6.45, 7) is -0.386. The highest BCUT2D eigenvalue weighted by atomic mass is 35.5. The predicted molar refractivity (Wildman–Crippen MR) is 100 cm³/mol. The summed E-state index contributed by atoms with van der Waals surface area (Å²) >= 11 is 5.53. The molecule has 0 saturated heterocycles. The molecule has 0 aliphatic carbocycles. The molecule has 0 heterocycles. The lowest BCUT2D eigenvalue weighted by Gasteiger charge is -2.12. The van der Waals surface area contributed by atoms with Crippen LogP contribution in [0.5, 0.6) is 11.5 Å². The van der Waals surface area contributed by atoms with Crippen LogP contribution in [0, 0.1) is 0 Å². The lowest BCUT2D eigenvalue weighted by atomic mass is 10.2. The molecule has 11 heteroatoms. The maximum absolute atomic E-state index is 12.8. The van der Waals surface area contributed by atoms with Crippen molar-refractivity contribution < 1.29 is 32.2 Å². The van der Waals surface area contributed by atoms with E-state index in [-0.39, 0.29) is 17.8 Å². The fourth-order valence-corrected chi connectivity index (χ4v) is 2.50. The summed E-state index contributed by atoms with van der Waals surface area (Å²) in [5.74, 6) is -0.434. The van der Waals surface area contributed by atoms with E-state index < -0.39 is 28.6 Å². The Morgan fingerprint density at radius 2 is 1.72 bits per heavy atom. The van der Waals surface area contributed by atoms with Crippen LogP contribution in [0.15, 0.2) is 36.4 Å². The van der Waals surface area contributed by atoms with Gasteiger partial charge in [0.1, 0.15) is 0 Å². The molecule has 0 saturated carbocycles. The highest BCUT2D eigenvalue weighted by Gasteiger charge is 2.33. The van der Waals surface area contributed by atoms with Gasteiger partial charge >= 0.3 is 6.18 Å². The van der Waals surface area contributed by atoms with Crippen molar-refractivity contribution in [1.82, 2.24) is 10.9 Å². The first kappa shape index (κ1) is 22.3. The maximum atomic E-state index is 12.8. The van der Waals surface area contributed by atoms with Gasteiger partial charge in [-0.05, 0) is 36.4 Å². The van der Waals surface area contributed by atoms with Gasteiger partial charge in [0, 0.05) is 11.3 Å². The zero-order valence-corrected chi connectivity index (χ0v) is 16.1. The fourth-order valence-electron chi connectivity index (χ4n) is 2.28. The van der Waals surface area contributed by atoms with Gasteiger partial charge in [0.05, 0.1) is 31.4 Å². The Hall–Kier alpha value is -2.98. The summed E-state index contributed by atoms with van der Waals surface area (Å²) in [5, 5.41) is 1.80. The predicted octanol–water partition coefficient (Wildman–Crippen LogP) is 3.25. The van der Waals surface area contributed by atoms with Gasteiger partial charge in [-0.3, -0.25) is 15.0 Å². The number of carbonyl (C=O) groups excluding carboxylic acids is 2. The molecule has 0 bridgehead atoms. The second-order valence-electron chi connectivity index (χ2n) is 5.62. The highest BCUT2D eigenvalue weighted by Crippen LogP contribution is 2.36. The van der Waals surface area contributed by atoms with Crippen LogP contribution in [0.4, 0.5) is 18.9 Å². The average molecular weight is 432 g/mol. The number of methoxy groups -OCH3 is 2. The molecular weight excluding hydrogens is 415 g/mol. The molecule has 0 aromatic heterocycles. The zero-order chi connectivity index (χ0) is 21.6. The van der Waals surface area contributed by atoms with E-state index in [9.17, 15) is 22.8 Å². The monoisotopic (exact) mass is 431 g/mol. The van der Waals surface area contributed by atoms with Gasteiger partial charge in [-0.25, -0.2) is 5.43 Å². The molecule has 0 spiro atoms. The Labute approximate surface area is 169 Å². The summed E-state index contributed by atoms with van der Waals surface area (Å²) in [7, 11) is 2.87. The van der Waals surface area contributed by atoms with Gasteiger partial charge in [-0.2, -0.15) is 13.2 Å². The third kappa shape index (κ3) is 6.00. The molecule has 156 valence electrons. The normalized spacial score (nSPS) is 11.0. The van der Waals surface area contributed by atoms with Gasteiger partial charge < -0.3 is 14.8 Å². The van der Waals surface area contributed by atoms with Crippen molar-refractivity contribution in [3.8, 4) is 11.5 Å². The third-order valence-electron chi connectivity index (χ3n) is 3.65. The third-order valence-corrected chi connectivity index (χ3v) is 3.98. The highest BCUT2D eigenvalue weighted by molar-refractivity contribution is 6.31. The number of hydrogen-bond donors (Lipinski definition) is 3. The van der Waals surface area contributed by atoms with E-state index in [1.807, 2.05) is 0 Å². The van der Waals surface area contributed by atoms with E-state index in [2.05, 4.69) is 16.2 Å². The molecule has 0 fully saturated rings. The first-order chi connectivity index (χ1) is 13.7. The molecule has 3 N–H and O–H groups in total. The first-order valence-corrected chi connectivity index (χ1v) is 8.45. The molecule has 0 atom stereocenters. The Kier molecular flexibility index (Phi) is 7.29. The largest absolute Gasteiger partial charge is 0.493 e. The number of nitrogens with one attached hydrogen (secondary N) is 3. The van der Waals surface area contributed by atoms with Crippen LogP contribution in [0.2, 0.25) is 5.02 Å². The quantitative estimate of drug-likeness (QED) is 0.586. The lowest BCUT2D eigenvalue weighted by molar-refractivity contribution is -0.137. The summed E-state index contributed by atoms with van der Waals surface area (Å²) in [5.41, 5.74) is 3.79. The van der Waals surface area contributed by atoms with Crippen LogP contribution < -0.4 is 25.6 Å². The number of amides is 2. The van der Waals surface area contributed by atoms with Gasteiger partial charge in [-0.15, -0.1) is 0 Å². The molecule has 7 nitrogen and oxygen atoms in total. The molecule has 29 heavy (non-hydrogen) atoms. The van der Waals surface area contributed by atoms with Crippen molar-refractivity contribution in [2.75, 3.05) is 26.1 Å². The number of hydrogen-bond acceptors (Lipinski definition) is 5. The Morgan fingerprint density at radius 1 is 1.03 bits per heavy atom. The average Bonchev–Trinajstić information content (AvgIpc) is 2.67. The van der Waals surface area contributed by atoms with Crippen molar-refractivity contribution in [2.24, 2.45) is 0 Å². The molecule has 0 radical (unpaired) electrons. The summed E-state index contributed by atoms with van der Waals surface area (Å²) in [6.07, 6.45) is -4.65. The lowest BCUT2D eigenvalue weighted by Crippen LogP contribution is -2.42. The molecule has 2 aromatic rings. The van der Waals surface area contributed by atoms with Crippen molar-refractivity contribution in [3.05, 3.63) is 52.5 Å². The standard InChI is InChI=1S/C18H17ClF3N3O4/c1-28-14-6-3-10(7-15(14)29-2)17(27)25-23-9-16(26)24-11-4-5-13(19)12(8-11)18(20,21)22/h3-8,23H,9H2,1-2H3,(H,24,26)(H,25,27). The maximum Gasteiger partial charge on any atom is 0.417 e. The summed E-state index contributed by atoms with van der Waals surface area (Å²) in [4.78, 5) is 24.0. The summed E-state index contributed by atoms with van der Waals surface area (Å²) in [6, 6.07) is 7.47. The minimum atomic E-state index is -4.65. The molecule has 0 aliphatic rings. The SMILES string of the molecule is COc1ccc(C(=O)NNCC(=O)Nc2ccc(Cl)c(C(F)(F)F)c2)cc1OC. The zero-order valence-electron chi connectivity index (χ0n) is 15.3. The van der Waals surface area contributed by atoms with Crippen LogP contribution in [0.25, 0.3) is 0 Å². The molecule has 0 aliphatic heterocycles. The van der Waals surface area contributed by atoms with E-state index in [1.165, 1.54) is 32.4 Å². The van der Waals surface area contributed by atoms with Gasteiger partial charge in [-0.1, -0.05) is 11.6 Å². The second kappa shape index (κ2) is 9.48. The van der Waals surface area contributed by atoms with Crippen LogP contribution in [0.1, 0.15) is 15.9 Å². The van der Waals surface area contributed by atoms with E-state index in [0.29, 0.717) is 11.5 Å². The Balaban J connectivity index is 1.91. The van der Waals surface area contributed by atoms with Crippen molar-refractivity contribution in [3.63, 3.8) is 0 Å². The van der Waals surface area contributed by atoms with Crippen LogP contribution >= 0.6 is 11.6 Å². The minimum absolute atomic E-state index is 0.0836. The van der Waals surface area contributed by atoms with Gasteiger partial charge in [0.2, 0.25) is 5.91 Å². The number of hydrazine groups is 1. The van der Waals surface area contributed by atoms with E-state index >= 15 is 0 Å². The number of rotatable bonds is 7. The first-order valence-electron chi connectivity index (χ1n) is 8.07. The van der Waals surface area contributed by atoms with Crippen molar-refractivity contribution >= 4 is 29.1 Å². The number of benzene rings is 2. The molecule has 2 rings (SSSR count). The minimum Gasteiger partial charge on any atom is -0.493 e. The van der Waals surface area contributed by atoms with E-state index in [0.717, 1.165) is 12.1 Å². The molecule has 2 amide bonds. The van der Waals surface area contributed by atoms with Crippen LogP contribution in [-0.2, 0) is 11.0 Å². The number of carbonyl (C=O) groups is 2. The second-order valence-corrected chi connectivity index (χ2v) is 6.03. The molecule has 2 aromatic carbocycles. The fraction of sp³-hybridized carbons (Fsp3) is 0.222. The number of anilines is 1. The number of halogens is 4. The van der Waals surface area contributed by atoms with Crippen molar-refractivity contribution in [2.45, 2.75) is 6.18 Å². The molecular formula is C18H17ClF3N3O4. The van der Waals surface area contributed by atoms with Gasteiger partial charge in [0.15, 0.2) is 11.5 Å². The Morgan fingerprint density at radius 3 is 2.34 bits per heavy atom. The van der Waals surface area contributed by atoms with E-state index in [4.69, 9.17) is 21.1 Å². The molecule has 0 unspecified atom stereocenters. The van der Waals surface area contributed by atoms with Crippen LogP contribution in [0.3, 0.4) is 0 Å². The van der Waals surface area contributed by atoms with Crippen molar-refractivity contribution in [1.29, 1.82) is 0 Å². The Bertz CT molecular complexity index is 906. The number of alkyl halides is 3. The van der Waals surface area contributed by atoms with Gasteiger partial charge in [0.25, 0.3) is 5.91 Å². The summed E-state index contributed by atoms with van der Waals surface area (Å²) < 4.78 is 48.7. The number of ether oxygens (including phenoxy) is 2.